The molecule has 0 radical (unpaired) electrons. The topological polar surface area (TPSA) is 76.0 Å². The van der Waals surface area contributed by atoms with Crippen molar-refractivity contribution >= 4 is 15.7 Å². The van der Waals surface area contributed by atoms with Gasteiger partial charge in [0, 0.05) is 12.7 Å². The molecule has 1 aromatic heterocycles. The van der Waals surface area contributed by atoms with E-state index in [1.165, 1.54) is 0 Å². The Bertz CT molecular complexity index is 477. The fourth-order valence-electron chi connectivity index (χ4n) is 2.17. The Balaban J connectivity index is 1.93. The fraction of sp³-hybridized carbons (Fsp3) is 0.727. The van der Waals surface area contributed by atoms with Gasteiger partial charge in [0.15, 0.2) is 0 Å². The summed E-state index contributed by atoms with van der Waals surface area (Å²) < 4.78 is 28.3. The molecule has 1 saturated heterocycles. The van der Waals surface area contributed by atoms with Crippen LogP contribution >= 0.6 is 0 Å². The molecule has 7 heteroatoms. The minimum Gasteiger partial charge on any atom is -0.317 e. The van der Waals surface area contributed by atoms with Gasteiger partial charge in [-0.05, 0) is 38.8 Å². The average Bonchev–Trinajstić information content (AvgIpc) is 2.76. The Morgan fingerprint density at radius 3 is 2.83 bits per heavy atom. The summed E-state index contributed by atoms with van der Waals surface area (Å²) >= 11 is 0. The molecule has 102 valence electrons. The quantitative estimate of drug-likeness (QED) is 0.825. The zero-order chi connectivity index (χ0) is 13.0. The number of aromatic nitrogens is 2. The van der Waals surface area contributed by atoms with Crippen LogP contribution in [0.15, 0.2) is 12.4 Å². The summed E-state index contributed by atoms with van der Waals surface area (Å²) in [6.45, 7) is 4.51. The minimum atomic E-state index is -3.26. The molecule has 6 nitrogen and oxygen atoms in total. The minimum absolute atomic E-state index is 0.200. The third-order valence-corrected chi connectivity index (χ3v) is 4.60. The first-order chi connectivity index (χ1) is 8.59. The van der Waals surface area contributed by atoms with E-state index in [4.69, 9.17) is 0 Å². The van der Waals surface area contributed by atoms with Gasteiger partial charge >= 0.3 is 0 Å². The van der Waals surface area contributed by atoms with Crippen molar-refractivity contribution < 1.29 is 8.42 Å². The van der Waals surface area contributed by atoms with Crippen LogP contribution < -0.4 is 10.0 Å². The van der Waals surface area contributed by atoms with Gasteiger partial charge in [0.05, 0.1) is 17.6 Å². The summed E-state index contributed by atoms with van der Waals surface area (Å²) in [6, 6.07) is 0. The first-order valence-electron chi connectivity index (χ1n) is 6.33. The van der Waals surface area contributed by atoms with Gasteiger partial charge in [0.1, 0.15) is 0 Å². The molecule has 1 fully saturated rings. The van der Waals surface area contributed by atoms with Gasteiger partial charge in [-0.3, -0.25) is 9.40 Å². The second kappa shape index (κ2) is 5.71. The number of sulfonamides is 1. The summed E-state index contributed by atoms with van der Waals surface area (Å²) in [6.07, 6.45) is 5.10. The lowest BCUT2D eigenvalue weighted by atomic mass is 10.0. The van der Waals surface area contributed by atoms with Gasteiger partial charge in [0.2, 0.25) is 10.0 Å². The molecule has 1 aromatic rings. The van der Waals surface area contributed by atoms with Crippen molar-refractivity contribution in [1.29, 1.82) is 0 Å². The van der Waals surface area contributed by atoms with E-state index in [1.807, 2.05) is 6.92 Å². The maximum absolute atomic E-state index is 12.0. The molecule has 0 bridgehead atoms. The van der Waals surface area contributed by atoms with E-state index in [0.29, 0.717) is 5.69 Å². The molecule has 0 atom stereocenters. The largest absolute Gasteiger partial charge is 0.317 e. The predicted molar refractivity (Wildman–Crippen MR) is 70.9 cm³/mol. The molecule has 18 heavy (non-hydrogen) atoms. The number of aryl methyl sites for hydroxylation is 1. The van der Waals surface area contributed by atoms with E-state index in [9.17, 15) is 8.42 Å². The van der Waals surface area contributed by atoms with Gasteiger partial charge in [-0.15, -0.1) is 0 Å². The molecule has 0 aromatic carbocycles. The van der Waals surface area contributed by atoms with Crippen molar-refractivity contribution in [2.45, 2.75) is 26.3 Å². The maximum Gasteiger partial charge on any atom is 0.233 e. The van der Waals surface area contributed by atoms with Crippen LogP contribution in [-0.2, 0) is 16.6 Å². The Hall–Kier alpha value is -1.08. The summed E-state index contributed by atoms with van der Waals surface area (Å²) in [5.41, 5.74) is 0.547. The van der Waals surface area contributed by atoms with E-state index in [1.54, 1.807) is 17.1 Å². The van der Waals surface area contributed by atoms with Crippen molar-refractivity contribution in [2.75, 3.05) is 23.6 Å². The van der Waals surface area contributed by atoms with Gasteiger partial charge in [-0.25, -0.2) is 8.42 Å². The van der Waals surface area contributed by atoms with Crippen LogP contribution in [0, 0.1) is 5.92 Å². The summed E-state index contributed by atoms with van der Waals surface area (Å²) in [5.74, 6) is 0.455. The van der Waals surface area contributed by atoms with Crippen LogP contribution in [0.25, 0.3) is 0 Å². The maximum atomic E-state index is 12.0. The molecular weight excluding hydrogens is 252 g/mol. The third-order valence-electron chi connectivity index (χ3n) is 3.14. The number of rotatable bonds is 5. The number of nitrogens with one attached hydrogen (secondary N) is 2. The molecule has 0 aliphatic carbocycles. The normalized spacial score (nSPS) is 17.8. The molecule has 1 aliphatic heterocycles. The standard InChI is InChI=1S/C11H20N4O2S/c1-2-15-8-11(7-13-15)14-18(16,17)9-10-3-5-12-6-4-10/h7-8,10,12,14H,2-6,9H2,1H3. The summed E-state index contributed by atoms with van der Waals surface area (Å²) in [4.78, 5) is 0. The first kappa shape index (κ1) is 13.4. The Morgan fingerprint density at radius 2 is 2.22 bits per heavy atom. The molecule has 0 saturated carbocycles. The van der Waals surface area contributed by atoms with Crippen LogP contribution in [0.4, 0.5) is 5.69 Å². The van der Waals surface area contributed by atoms with Crippen LogP contribution in [0.1, 0.15) is 19.8 Å². The van der Waals surface area contributed by atoms with Crippen molar-refractivity contribution in [3.8, 4) is 0 Å². The van der Waals surface area contributed by atoms with Gasteiger partial charge in [-0.2, -0.15) is 5.10 Å². The highest BCUT2D eigenvalue weighted by molar-refractivity contribution is 7.92. The highest BCUT2D eigenvalue weighted by Crippen LogP contribution is 2.16. The zero-order valence-corrected chi connectivity index (χ0v) is 11.4. The molecule has 0 amide bonds. The van der Waals surface area contributed by atoms with E-state index >= 15 is 0 Å². The Morgan fingerprint density at radius 1 is 1.50 bits per heavy atom. The SMILES string of the molecule is CCn1cc(NS(=O)(=O)CC2CCNCC2)cn1. The zero-order valence-electron chi connectivity index (χ0n) is 10.6. The van der Waals surface area contributed by atoms with Crippen LogP contribution in [0.5, 0.6) is 0 Å². The molecule has 2 rings (SSSR count). The molecule has 1 aliphatic rings. The second-order valence-electron chi connectivity index (χ2n) is 4.66. The van der Waals surface area contributed by atoms with E-state index in [-0.39, 0.29) is 11.7 Å². The Labute approximate surface area is 108 Å². The van der Waals surface area contributed by atoms with Crippen molar-refractivity contribution in [3.05, 3.63) is 12.4 Å². The highest BCUT2D eigenvalue weighted by Gasteiger charge is 2.21. The van der Waals surface area contributed by atoms with Crippen molar-refractivity contribution in [1.82, 2.24) is 15.1 Å². The Kier molecular flexibility index (Phi) is 4.23. The number of nitrogens with zero attached hydrogens (tertiary/aromatic N) is 2. The second-order valence-corrected chi connectivity index (χ2v) is 6.43. The highest BCUT2D eigenvalue weighted by atomic mass is 32.2. The van der Waals surface area contributed by atoms with Gasteiger partial charge in [0.25, 0.3) is 0 Å². The molecule has 2 heterocycles. The lowest BCUT2D eigenvalue weighted by Gasteiger charge is -2.22. The van der Waals surface area contributed by atoms with Gasteiger partial charge in [-0.1, -0.05) is 0 Å². The molecular formula is C11H20N4O2S. The summed E-state index contributed by atoms with van der Waals surface area (Å²) in [5, 5.41) is 7.28. The number of hydrogen-bond acceptors (Lipinski definition) is 4. The summed E-state index contributed by atoms with van der Waals surface area (Å²) in [7, 11) is -3.26. The smallest absolute Gasteiger partial charge is 0.233 e. The average molecular weight is 272 g/mol. The van der Waals surface area contributed by atoms with E-state index in [2.05, 4.69) is 15.1 Å². The number of piperidine rings is 1. The monoisotopic (exact) mass is 272 g/mol. The van der Waals surface area contributed by atoms with Crippen LogP contribution in [0.2, 0.25) is 0 Å². The molecule has 0 spiro atoms. The first-order valence-corrected chi connectivity index (χ1v) is 7.98. The molecule has 0 unspecified atom stereocenters. The lowest BCUT2D eigenvalue weighted by Crippen LogP contribution is -2.32. The van der Waals surface area contributed by atoms with Crippen LogP contribution in [0.3, 0.4) is 0 Å². The predicted octanol–water partition coefficient (Wildman–Crippen LogP) is 0.644. The lowest BCUT2D eigenvalue weighted by molar-refractivity contribution is 0.402. The van der Waals surface area contributed by atoms with E-state index in [0.717, 1.165) is 32.5 Å². The van der Waals surface area contributed by atoms with Crippen LogP contribution in [-0.4, -0.2) is 37.0 Å². The number of hydrogen-bond donors (Lipinski definition) is 2. The molecule has 2 N–H and O–H groups in total. The van der Waals surface area contributed by atoms with Crippen molar-refractivity contribution in [3.63, 3.8) is 0 Å². The van der Waals surface area contributed by atoms with Crippen molar-refractivity contribution in [2.24, 2.45) is 5.92 Å². The van der Waals surface area contributed by atoms with Gasteiger partial charge < -0.3 is 5.32 Å². The van der Waals surface area contributed by atoms with E-state index < -0.39 is 10.0 Å². The fourth-order valence-corrected chi connectivity index (χ4v) is 3.67. The third kappa shape index (κ3) is 3.71. The number of anilines is 1.